The zero-order valence-corrected chi connectivity index (χ0v) is 24.1. The van der Waals surface area contributed by atoms with E-state index < -0.39 is 0 Å². The summed E-state index contributed by atoms with van der Waals surface area (Å²) >= 11 is 0. The van der Waals surface area contributed by atoms with E-state index in [0.29, 0.717) is 11.8 Å². The molecule has 0 aliphatic heterocycles. The molecule has 4 aromatic carbocycles. The van der Waals surface area contributed by atoms with Crippen molar-refractivity contribution >= 4 is 33.0 Å². The van der Waals surface area contributed by atoms with E-state index in [1.165, 1.54) is 27.9 Å². The van der Waals surface area contributed by atoms with Crippen LogP contribution in [0.3, 0.4) is 0 Å². The van der Waals surface area contributed by atoms with Crippen molar-refractivity contribution in [3.63, 3.8) is 0 Å². The summed E-state index contributed by atoms with van der Waals surface area (Å²) < 4.78 is 8.88. The summed E-state index contributed by atoms with van der Waals surface area (Å²) in [7, 11) is 0. The van der Waals surface area contributed by atoms with Gasteiger partial charge in [-0.1, -0.05) is 88.4 Å². The predicted molar refractivity (Wildman–Crippen MR) is 170 cm³/mol. The van der Waals surface area contributed by atoms with Gasteiger partial charge in [0.1, 0.15) is 22.5 Å². The van der Waals surface area contributed by atoms with Crippen LogP contribution in [0.5, 0.6) is 0 Å². The highest BCUT2D eigenvalue weighted by Crippen LogP contribution is 2.42. The largest absolute Gasteiger partial charge is 0.455 e. The minimum Gasteiger partial charge on any atom is -0.455 e. The lowest BCUT2D eigenvalue weighted by molar-refractivity contribution is 0.669. The first-order chi connectivity index (χ1) is 19.9. The Balaban J connectivity index is 1.61. The smallest absolute Gasteiger partial charge is 0.149 e. The van der Waals surface area contributed by atoms with Crippen LogP contribution >= 0.6 is 0 Å². The molecule has 0 radical (unpaired) electrons. The number of rotatable bonds is 5. The summed E-state index contributed by atoms with van der Waals surface area (Å²) in [5.41, 5.74) is 11.8. The average Bonchev–Trinajstić information content (AvgIpc) is 3.56. The molecule has 0 bridgehead atoms. The second-order valence-electron chi connectivity index (χ2n) is 11.5. The minimum absolute atomic E-state index is 0.293. The lowest BCUT2D eigenvalue weighted by atomic mass is 9.88. The van der Waals surface area contributed by atoms with Gasteiger partial charge in [-0.05, 0) is 71.3 Å². The maximum atomic E-state index is 6.52. The lowest BCUT2D eigenvalue weighted by Crippen LogP contribution is -2.09. The van der Waals surface area contributed by atoms with E-state index in [4.69, 9.17) is 9.40 Å². The van der Waals surface area contributed by atoms with Crippen molar-refractivity contribution in [1.29, 1.82) is 0 Å². The molecule has 0 fully saturated rings. The first-order valence-corrected chi connectivity index (χ1v) is 14.4. The summed E-state index contributed by atoms with van der Waals surface area (Å²) in [4.78, 5) is 9.92. The SMILES string of the molecule is Cc1nccc2c1nc(-c1cccc3c1oc1ccccc13)n2-c1c(C(C)C)cc(-c2ccccc2)cc1C(C)C. The zero-order valence-electron chi connectivity index (χ0n) is 24.1. The molecule has 0 saturated heterocycles. The summed E-state index contributed by atoms with van der Waals surface area (Å²) in [5, 5.41) is 2.21. The molecule has 0 N–H and O–H groups in total. The number of para-hydroxylation sites is 2. The zero-order chi connectivity index (χ0) is 28.2. The van der Waals surface area contributed by atoms with Crippen molar-refractivity contribution in [3.05, 3.63) is 114 Å². The van der Waals surface area contributed by atoms with Crippen molar-refractivity contribution in [1.82, 2.24) is 14.5 Å². The number of imidazole rings is 1. The van der Waals surface area contributed by atoms with Gasteiger partial charge in [0, 0.05) is 17.0 Å². The van der Waals surface area contributed by atoms with Crippen LogP contribution < -0.4 is 0 Å². The van der Waals surface area contributed by atoms with Crippen LogP contribution in [0, 0.1) is 6.92 Å². The van der Waals surface area contributed by atoms with Gasteiger partial charge in [0.25, 0.3) is 0 Å². The number of furan rings is 1. The Morgan fingerprint density at radius 3 is 2.12 bits per heavy atom. The van der Waals surface area contributed by atoms with Crippen molar-refractivity contribution in [2.45, 2.75) is 46.5 Å². The molecule has 0 atom stereocenters. The second-order valence-corrected chi connectivity index (χ2v) is 11.5. The molecule has 0 saturated carbocycles. The first kappa shape index (κ1) is 25.3. The van der Waals surface area contributed by atoms with Crippen LogP contribution in [-0.4, -0.2) is 14.5 Å². The van der Waals surface area contributed by atoms with Crippen LogP contribution in [0.25, 0.3) is 61.2 Å². The lowest BCUT2D eigenvalue weighted by Gasteiger charge is -2.24. The van der Waals surface area contributed by atoms with Gasteiger partial charge in [0.05, 0.1) is 22.5 Å². The Bertz CT molecular complexity index is 2030. The molecule has 7 aromatic rings. The standard InChI is InChI=1S/C37H33N3O/c1-22(2)30-20-26(25-12-7-6-8-13-25)21-31(23(3)4)35(30)40-32-18-19-38-24(5)34(32)39-37(40)29-16-11-15-28-27-14-9-10-17-33(27)41-36(28)29/h6-23H,1-5H3. The Hall–Kier alpha value is -4.70. The third-order valence-corrected chi connectivity index (χ3v) is 8.15. The molecule has 202 valence electrons. The molecule has 0 spiro atoms. The van der Waals surface area contributed by atoms with E-state index in [1.807, 2.05) is 25.3 Å². The molecule has 0 aliphatic carbocycles. The second kappa shape index (κ2) is 9.74. The Labute approximate surface area is 240 Å². The third kappa shape index (κ3) is 4.05. The fourth-order valence-corrected chi connectivity index (χ4v) is 6.08. The number of pyridine rings is 1. The molecule has 4 nitrogen and oxygen atoms in total. The fourth-order valence-electron chi connectivity index (χ4n) is 6.08. The van der Waals surface area contributed by atoms with Crippen molar-refractivity contribution in [2.75, 3.05) is 0 Å². The molecular formula is C37H33N3O. The van der Waals surface area contributed by atoms with Crippen LogP contribution in [0.2, 0.25) is 0 Å². The van der Waals surface area contributed by atoms with Gasteiger partial charge in [-0.25, -0.2) is 4.98 Å². The fraction of sp³-hybridized carbons (Fsp3) is 0.189. The van der Waals surface area contributed by atoms with Crippen LogP contribution in [0.1, 0.15) is 56.4 Å². The molecule has 3 heterocycles. The predicted octanol–water partition coefficient (Wildman–Crippen LogP) is 10.2. The molecule has 0 amide bonds. The maximum absolute atomic E-state index is 6.52. The summed E-state index contributed by atoms with van der Waals surface area (Å²) in [6.07, 6.45) is 1.89. The van der Waals surface area contributed by atoms with Gasteiger partial charge in [0.15, 0.2) is 0 Å². The number of nitrogens with zero attached hydrogens (tertiary/aromatic N) is 3. The number of benzene rings is 4. The average molecular weight is 536 g/mol. The number of hydrogen-bond donors (Lipinski definition) is 0. The van der Waals surface area contributed by atoms with Crippen LogP contribution in [0.15, 0.2) is 102 Å². The van der Waals surface area contributed by atoms with Gasteiger partial charge in [-0.3, -0.25) is 9.55 Å². The number of fused-ring (bicyclic) bond motifs is 4. The Morgan fingerprint density at radius 1 is 0.707 bits per heavy atom. The van der Waals surface area contributed by atoms with E-state index in [2.05, 4.69) is 116 Å². The number of hydrogen-bond acceptors (Lipinski definition) is 3. The monoisotopic (exact) mass is 535 g/mol. The van der Waals surface area contributed by atoms with Gasteiger partial charge in [-0.2, -0.15) is 0 Å². The molecule has 3 aromatic heterocycles. The minimum atomic E-state index is 0.293. The topological polar surface area (TPSA) is 43.9 Å². The summed E-state index contributed by atoms with van der Waals surface area (Å²) in [6.45, 7) is 11.2. The number of aryl methyl sites for hydroxylation is 1. The normalized spacial score (nSPS) is 12.0. The van der Waals surface area contributed by atoms with E-state index in [-0.39, 0.29) is 0 Å². The van der Waals surface area contributed by atoms with Crippen molar-refractivity contribution in [3.8, 4) is 28.2 Å². The Kier molecular flexibility index (Phi) is 6.01. The highest BCUT2D eigenvalue weighted by atomic mass is 16.3. The van der Waals surface area contributed by atoms with Crippen molar-refractivity contribution < 1.29 is 4.42 Å². The van der Waals surface area contributed by atoms with Gasteiger partial charge >= 0.3 is 0 Å². The van der Waals surface area contributed by atoms with Crippen LogP contribution in [-0.2, 0) is 0 Å². The summed E-state index contributed by atoms with van der Waals surface area (Å²) in [5.74, 6) is 1.46. The molecule has 0 aliphatic rings. The molecule has 7 rings (SSSR count). The van der Waals surface area contributed by atoms with E-state index in [1.54, 1.807) is 0 Å². The van der Waals surface area contributed by atoms with Gasteiger partial charge < -0.3 is 4.42 Å². The van der Waals surface area contributed by atoms with Gasteiger partial charge in [-0.15, -0.1) is 0 Å². The van der Waals surface area contributed by atoms with E-state index in [0.717, 1.165) is 50.1 Å². The highest BCUT2D eigenvalue weighted by molar-refractivity contribution is 6.09. The summed E-state index contributed by atoms with van der Waals surface area (Å²) in [6, 6.07) is 32.1. The highest BCUT2D eigenvalue weighted by Gasteiger charge is 2.26. The van der Waals surface area contributed by atoms with Crippen molar-refractivity contribution in [2.24, 2.45) is 0 Å². The quantitative estimate of drug-likeness (QED) is 0.220. The first-order valence-electron chi connectivity index (χ1n) is 14.4. The molecular weight excluding hydrogens is 502 g/mol. The van der Waals surface area contributed by atoms with E-state index in [9.17, 15) is 0 Å². The van der Waals surface area contributed by atoms with Gasteiger partial charge in [0.2, 0.25) is 0 Å². The van der Waals surface area contributed by atoms with Crippen LogP contribution in [0.4, 0.5) is 0 Å². The molecule has 0 unspecified atom stereocenters. The Morgan fingerprint density at radius 2 is 1.39 bits per heavy atom. The molecule has 41 heavy (non-hydrogen) atoms. The van der Waals surface area contributed by atoms with E-state index >= 15 is 0 Å². The maximum Gasteiger partial charge on any atom is 0.149 e. The number of aromatic nitrogens is 3. The third-order valence-electron chi connectivity index (χ3n) is 8.15. The molecule has 4 heteroatoms.